The van der Waals surface area contributed by atoms with E-state index in [-0.39, 0.29) is 12.3 Å². The van der Waals surface area contributed by atoms with Gasteiger partial charge < -0.3 is 0 Å². The van der Waals surface area contributed by atoms with Crippen molar-refractivity contribution < 1.29 is 0 Å². The van der Waals surface area contributed by atoms with E-state index in [0.29, 0.717) is 0 Å². The van der Waals surface area contributed by atoms with Crippen LogP contribution in [0.3, 0.4) is 0 Å². The SMILES string of the molecule is CCC[CH2][Al]([Cl])[Cl].[CH3][Al]([CH3])[Br]. The topological polar surface area (TPSA) is 0 Å². The molecular formula is C6H15Al2BrCl2. The van der Waals surface area contributed by atoms with Crippen LogP contribution in [0.2, 0.25) is 16.9 Å². The highest BCUT2D eigenvalue weighted by Gasteiger charge is 2.07. The van der Waals surface area contributed by atoms with Crippen molar-refractivity contribution in [2.24, 2.45) is 0 Å². The van der Waals surface area contributed by atoms with Crippen LogP contribution in [0.25, 0.3) is 0 Å². The molecule has 0 amide bonds. The third kappa shape index (κ3) is 33.1. The van der Waals surface area contributed by atoms with Gasteiger partial charge in [-0.1, -0.05) is 36.6 Å². The van der Waals surface area contributed by atoms with Gasteiger partial charge in [-0.15, -0.1) is 0 Å². The van der Waals surface area contributed by atoms with Crippen molar-refractivity contribution >= 4 is 58.8 Å². The van der Waals surface area contributed by atoms with Crippen LogP contribution >= 0.6 is 34.1 Å². The molecule has 0 nitrogen and oxygen atoms in total. The monoisotopic (exact) mass is 290 g/mol. The molecule has 0 fully saturated rings. The Balaban J connectivity index is 0. The van der Waals surface area contributed by atoms with Gasteiger partial charge in [-0.3, -0.25) is 0 Å². The molecule has 0 aromatic carbocycles. The van der Waals surface area contributed by atoms with Crippen molar-refractivity contribution in [2.75, 3.05) is 0 Å². The quantitative estimate of drug-likeness (QED) is 0.677. The van der Waals surface area contributed by atoms with Gasteiger partial charge in [0.15, 0.2) is 0 Å². The van der Waals surface area contributed by atoms with Crippen LogP contribution in [0.1, 0.15) is 19.8 Å². The Bertz CT molecular complexity index is 68.8. The van der Waals surface area contributed by atoms with Crippen LogP contribution in [0, 0.1) is 0 Å². The summed E-state index contributed by atoms with van der Waals surface area (Å²) in [6, 6.07) is 0. The minimum Gasteiger partial charge on any atom is -0.234 e. The molecule has 5 heteroatoms. The van der Waals surface area contributed by atoms with E-state index in [1.54, 1.807) is 0 Å². The average Bonchev–Trinajstić information content (AvgIpc) is 1.82. The van der Waals surface area contributed by atoms with Crippen LogP contribution < -0.4 is 0 Å². The van der Waals surface area contributed by atoms with E-state index >= 15 is 0 Å². The standard InChI is InChI=1S/C4H9.2CH3.2Al.BrH.2ClH/c1-3-4-2;;;;;;;/h1,3-4H2,2H3;2*1H3;;;3*1H/q;;;+1;+2;;;/p-3. The largest absolute Gasteiger partial charge is 0.519 e. The van der Waals surface area contributed by atoms with Crippen molar-refractivity contribution in [2.45, 2.75) is 36.6 Å². The van der Waals surface area contributed by atoms with Crippen LogP contribution in [-0.4, -0.2) is 24.6 Å². The summed E-state index contributed by atoms with van der Waals surface area (Å²) in [7, 11) is 11.1. The van der Waals surface area contributed by atoms with Crippen molar-refractivity contribution in [3.63, 3.8) is 0 Å². The molecule has 0 N–H and O–H groups in total. The predicted molar refractivity (Wildman–Crippen MR) is 63.6 cm³/mol. The fourth-order valence-corrected chi connectivity index (χ4v) is 2.00. The van der Waals surface area contributed by atoms with Gasteiger partial charge in [-0.25, -0.2) is 34.1 Å². The Kier molecular flexibility index (Phi) is 17.2. The lowest BCUT2D eigenvalue weighted by Crippen LogP contribution is -1.88. The van der Waals surface area contributed by atoms with E-state index < -0.39 is 12.3 Å². The van der Waals surface area contributed by atoms with E-state index in [4.69, 9.17) is 20.1 Å². The molecule has 66 valence electrons. The van der Waals surface area contributed by atoms with Gasteiger partial charge >= 0.3 is 24.6 Å². The molecule has 0 aliphatic carbocycles. The smallest absolute Gasteiger partial charge is 0.234 e. The highest BCUT2D eigenvalue weighted by atomic mass is 79.9. The summed E-state index contributed by atoms with van der Waals surface area (Å²) in [5, 5.41) is 1.07. The van der Waals surface area contributed by atoms with Crippen molar-refractivity contribution in [1.29, 1.82) is 0 Å². The van der Waals surface area contributed by atoms with Gasteiger partial charge in [-0.05, 0) is 0 Å². The maximum absolute atomic E-state index is 5.56. The van der Waals surface area contributed by atoms with E-state index in [0.717, 1.165) is 5.28 Å². The second-order valence-electron chi connectivity index (χ2n) is 2.55. The predicted octanol–water partition coefficient (Wildman–Crippen LogP) is 4.38. The molecule has 0 rings (SSSR count). The fourth-order valence-electron chi connectivity index (χ4n) is 0.358. The lowest BCUT2D eigenvalue weighted by atomic mass is 10.4. The normalized spacial score (nSPS) is 8.18. The van der Waals surface area contributed by atoms with Crippen LogP contribution in [0.4, 0.5) is 0 Å². The average molecular weight is 292 g/mol. The molecule has 0 saturated heterocycles. The van der Waals surface area contributed by atoms with Crippen molar-refractivity contribution in [3.05, 3.63) is 0 Å². The third-order valence-electron chi connectivity index (χ3n) is 0.776. The summed E-state index contributed by atoms with van der Waals surface area (Å²) >= 11 is 1.84. The van der Waals surface area contributed by atoms with Crippen LogP contribution in [0.5, 0.6) is 0 Å². The Morgan fingerprint density at radius 3 is 1.73 bits per heavy atom. The summed E-state index contributed by atoms with van der Waals surface area (Å²) in [6.45, 7) is 2.14. The molecule has 0 bridgehead atoms. The number of unbranched alkanes of at least 4 members (excludes halogenated alkanes) is 1. The van der Waals surface area contributed by atoms with Gasteiger partial charge in [-0.2, -0.15) is 0 Å². The zero-order valence-corrected chi connectivity index (χ0v) is 12.8. The Labute approximate surface area is 94.5 Å². The Hall–Kier alpha value is 2.12. The zero-order chi connectivity index (χ0) is 9.28. The third-order valence-corrected chi connectivity index (χ3v) is 2.93. The summed E-state index contributed by atoms with van der Waals surface area (Å²) in [4.78, 5) is 0. The maximum atomic E-state index is 5.56. The summed E-state index contributed by atoms with van der Waals surface area (Å²) in [6.07, 6.45) is 2.41. The van der Waals surface area contributed by atoms with E-state index in [1.165, 1.54) is 12.8 Å². The maximum Gasteiger partial charge on any atom is 0.519 e. The first-order chi connectivity index (χ1) is 5.00. The van der Waals surface area contributed by atoms with Crippen LogP contribution in [0.15, 0.2) is 0 Å². The molecule has 0 saturated carbocycles. The second-order valence-corrected chi connectivity index (χ2v) is 15.3. The first-order valence-corrected chi connectivity index (χ1v) is 13.7. The molecular weight excluding hydrogens is 277 g/mol. The number of halogens is 3. The molecule has 0 unspecified atom stereocenters. The lowest BCUT2D eigenvalue weighted by Gasteiger charge is -1.88. The van der Waals surface area contributed by atoms with Crippen LogP contribution in [-0.2, 0) is 0 Å². The number of hydrogen-bond acceptors (Lipinski definition) is 0. The molecule has 0 spiro atoms. The fraction of sp³-hybridized carbons (Fsp3) is 1.00. The van der Waals surface area contributed by atoms with E-state index in [1.807, 2.05) is 0 Å². The Morgan fingerprint density at radius 2 is 1.64 bits per heavy atom. The number of hydrogen-bond donors (Lipinski definition) is 0. The Morgan fingerprint density at radius 1 is 1.27 bits per heavy atom. The molecule has 0 aromatic rings. The summed E-state index contributed by atoms with van der Waals surface area (Å²) in [5.41, 5.74) is 0. The summed E-state index contributed by atoms with van der Waals surface area (Å²) < 4.78 is 0. The first kappa shape index (κ1) is 15.6. The van der Waals surface area contributed by atoms with E-state index in [9.17, 15) is 0 Å². The second kappa shape index (κ2) is 12.1. The lowest BCUT2D eigenvalue weighted by molar-refractivity contribution is 0.881. The molecule has 0 aliphatic heterocycles. The molecule has 0 heterocycles. The first-order valence-electron chi connectivity index (χ1n) is 3.92. The highest BCUT2D eigenvalue weighted by Crippen LogP contribution is 2.07. The van der Waals surface area contributed by atoms with Gasteiger partial charge in [0.25, 0.3) is 0 Å². The molecule has 0 atom stereocenters. The summed E-state index contributed by atoms with van der Waals surface area (Å²) in [5.74, 6) is 4.44. The van der Waals surface area contributed by atoms with Gasteiger partial charge in [0.05, 0.1) is 0 Å². The van der Waals surface area contributed by atoms with Crippen molar-refractivity contribution in [1.82, 2.24) is 0 Å². The molecule has 11 heavy (non-hydrogen) atoms. The molecule has 0 radical (unpaired) electrons. The van der Waals surface area contributed by atoms with E-state index in [2.05, 4.69) is 32.5 Å². The van der Waals surface area contributed by atoms with Gasteiger partial charge in [0, 0.05) is 0 Å². The highest BCUT2D eigenvalue weighted by molar-refractivity contribution is 9.24. The minimum absolute atomic E-state index is 0.326. The number of rotatable bonds is 3. The molecule has 0 aromatic heterocycles. The molecule has 0 aliphatic rings. The van der Waals surface area contributed by atoms with Gasteiger partial charge in [0.2, 0.25) is 0 Å². The van der Waals surface area contributed by atoms with Gasteiger partial charge in [0.1, 0.15) is 0 Å². The van der Waals surface area contributed by atoms with Crippen molar-refractivity contribution in [3.8, 4) is 0 Å². The minimum atomic E-state index is -1.24. The zero-order valence-electron chi connectivity index (χ0n) is 7.41.